The normalized spacial score (nSPS) is 14.0. The van der Waals surface area contributed by atoms with Crippen LogP contribution in [-0.4, -0.2) is 53.0 Å². The van der Waals surface area contributed by atoms with Crippen LogP contribution in [0.25, 0.3) is 11.0 Å². The van der Waals surface area contributed by atoms with Crippen LogP contribution in [0.4, 0.5) is 5.82 Å². The van der Waals surface area contributed by atoms with Gasteiger partial charge in [0, 0.05) is 25.7 Å². The molecule has 0 unspecified atom stereocenters. The van der Waals surface area contributed by atoms with Crippen molar-refractivity contribution in [2.24, 2.45) is 0 Å². The molecule has 1 fully saturated rings. The van der Waals surface area contributed by atoms with E-state index in [1.165, 1.54) is 6.42 Å². The summed E-state index contributed by atoms with van der Waals surface area (Å²) in [5.41, 5.74) is 1.56. The van der Waals surface area contributed by atoms with Gasteiger partial charge >= 0.3 is 0 Å². The molecule has 3 heterocycles. The van der Waals surface area contributed by atoms with Crippen molar-refractivity contribution in [1.82, 2.24) is 25.1 Å². The number of nitrogens with one attached hydrogen (secondary N) is 1. The fourth-order valence-corrected chi connectivity index (χ4v) is 3.72. The number of piperidine rings is 1. The minimum absolute atomic E-state index is 0.0844. The van der Waals surface area contributed by atoms with E-state index in [4.69, 9.17) is 9.47 Å². The molecule has 4 rings (SSSR count). The van der Waals surface area contributed by atoms with Crippen molar-refractivity contribution in [2.75, 3.05) is 32.2 Å². The number of hydrogen-bond donors (Lipinski definition) is 1. The van der Waals surface area contributed by atoms with E-state index in [0.717, 1.165) is 42.7 Å². The van der Waals surface area contributed by atoms with Gasteiger partial charge in [0.1, 0.15) is 30.2 Å². The molecule has 9 heteroatoms. The Hall–Kier alpha value is -3.36. The van der Waals surface area contributed by atoms with E-state index in [1.54, 1.807) is 37.5 Å². The lowest BCUT2D eigenvalue weighted by atomic mass is 10.1. The molecule has 0 radical (unpaired) electrons. The zero-order valence-electron chi connectivity index (χ0n) is 17.3. The second-order valence-corrected chi connectivity index (χ2v) is 7.28. The number of aromatic nitrogens is 4. The molecule has 1 aliphatic heterocycles. The molecule has 3 aromatic rings. The third-order valence-electron chi connectivity index (χ3n) is 5.26. The average molecular weight is 410 g/mol. The summed E-state index contributed by atoms with van der Waals surface area (Å²) in [6.45, 7) is 2.42. The van der Waals surface area contributed by atoms with Gasteiger partial charge in [-0.3, -0.25) is 4.79 Å². The molecule has 30 heavy (non-hydrogen) atoms. The number of amides is 1. The van der Waals surface area contributed by atoms with Crippen LogP contribution in [0.3, 0.4) is 0 Å². The predicted octanol–water partition coefficient (Wildman–Crippen LogP) is 2.15. The van der Waals surface area contributed by atoms with Gasteiger partial charge in [0.25, 0.3) is 0 Å². The Morgan fingerprint density at radius 2 is 1.80 bits per heavy atom. The number of benzene rings is 1. The molecule has 158 valence electrons. The smallest absolute Gasteiger partial charge is 0.242 e. The minimum atomic E-state index is -0.153. The zero-order valence-corrected chi connectivity index (χ0v) is 17.3. The maximum absolute atomic E-state index is 12.5. The fraction of sp³-hybridized carbons (Fsp3) is 0.429. The van der Waals surface area contributed by atoms with Crippen LogP contribution in [0, 0.1) is 0 Å². The van der Waals surface area contributed by atoms with Crippen molar-refractivity contribution >= 4 is 22.8 Å². The minimum Gasteiger partial charge on any atom is -0.497 e. The van der Waals surface area contributed by atoms with Crippen molar-refractivity contribution in [3.8, 4) is 11.5 Å². The highest BCUT2D eigenvalue weighted by atomic mass is 16.5. The zero-order chi connectivity index (χ0) is 20.9. The van der Waals surface area contributed by atoms with Crippen LogP contribution in [-0.2, 0) is 17.9 Å². The lowest BCUT2D eigenvalue weighted by molar-refractivity contribution is -0.121. The Labute approximate surface area is 175 Å². The summed E-state index contributed by atoms with van der Waals surface area (Å²) in [5, 5.41) is 8.18. The molecule has 1 aliphatic rings. The first-order valence-electron chi connectivity index (χ1n) is 10.1. The highest BCUT2D eigenvalue weighted by Gasteiger charge is 2.18. The molecule has 2 aromatic heterocycles. The summed E-state index contributed by atoms with van der Waals surface area (Å²) in [6.07, 6.45) is 6.88. The van der Waals surface area contributed by atoms with Gasteiger partial charge in [-0.05, 0) is 37.0 Å². The Bertz CT molecular complexity index is 1010. The van der Waals surface area contributed by atoms with Gasteiger partial charge in [-0.1, -0.05) is 0 Å². The Kier molecular flexibility index (Phi) is 5.97. The molecule has 0 spiro atoms. The molecule has 1 aromatic carbocycles. The molecule has 9 nitrogen and oxygen atoms in total. The SMILES string of the molecule is COc1cc(CNC(=O)Cn2ncc3c(N4CCCCC4)ncnc32)cc(OC)c1. The lowest BCUT2D eigenvalue weighted by Gasteiger charge is -2.27. The Morgan fingerprint density at radius 1 is 1.07 bits per heavy atom. The first kappa shape index (κ1) is 19.9. The monoisotopic (exact) mass is 410 g/mol. The quantitative estimate of drug-likeness (QED) is 0.638. The summed E-state index contributed by atoms with van der Waals surface area (Å²) in [7, 11) is 3.19. The summed E-state index contributed by atoms with van der Waals surface area (Å²) in [4.78, 5) is 23.6. The van der Waals surface area contributed by atoms with Crippen molar-refractivity contribution in [3.05, 3.63) is 36.3 Å². The Morgan fingerprint density at radius 3 is 2.50 bits per heavy atom. The number of fused-ring (bicyclic) bond motifs is 1. The largest absolute Gasteiger partial charge is 0.497 e. The number of nitrogens with zero attached hydrogens (tertiary/aromatic N) is 5. The van der Waals surface area contributed by atoms with E-state index in [-0.39, 0.29) is 12.5 Å². The van der Waals surface area contributed by atoms with Gasteiger partial charge < -0.3 is 19.7 Å². The van der Waals surface area contributed by atoms with E-state index in [2.05, 4.69) is 25.3 Å². The molecule has 1 saturated heterocycles. The van der Waals surface area contributed by atoms with Crippen molar-refractivity contribution in [3.63, 3.8) is 0 Å². The van der Waals surface area contributed by atoms with Crippen LogP contribution in [0.1, 0.15) is 24.8 Å². The van der Waals surface area contributed by atoms with Crippen molar-refractivity contribution < 1.29 is 14.3 Å². The molecule has 1 N–H and O–H groups in total. The van der Waals surface area contributed by atoms with Gasteiger partial charge in [0.2, 0.25) is 5.91 Å². The number of rotatable bonds is 7. The van der Waals surface area contributed by atoms with Gasteiger partial charge in [-0.15, -0.1) is 0 Å². The predicted molar refractivity (Wildman–Crippen MR) is 113 cm³/mol. The average Bonchev–Trinajstić information content (AvgIpc) is 3.20. The molecule has 0 saturated carbocycles. The van der Waals surface area contributed by atoms with Crippen LogP contribution >= 0.6 is 0 Å². The first-order chi connectivity index (χ1) is 14.7. The third kappa shape index (κ3) is 4.29. The number of methoxy groups -OCH3 is 2. The van der Waals surface area contributed by atoms with E-state index in [9.17, 15) is 4.79 Å². The third-order valence-corrected chi connectivity index (χ3v) is 5.26. The van der Waals surface area contributed by atoms with Gasteiger partial charge in [-0.25, -0.2) is 14.6 Å². The van der Waals surface area contributed by atoms with Gasteiger partial charge in [0.05, 0.1) is 25.8 Å². The van der Waals surface area contributed by atoms with E-state index >= 15 is 0 Å². The first-order valence-corrected chi connectivity index (χ1v) is 10.1. The topological polar surface area (TPSA) is 94.4 Å². The van der Waals surface area contributed by atoms with Gasteiger partial charge in [-0.2, -0.15) is 5.10 Å². The maximum atomic E-state index is 12.5. The molecule has 0 aliphatic carbocycles. The molecular formula is C21H26N6O3. The standard InChI is InChI=1S/C21H26N6O3/c1-29-16-8-15(9-17(10-16)30-2)11-22-19(28)13-27-21-18(12-25-27)20(23-14-24-21)26-6-4-3-5-7-26/h8-10,12,14H,3-7,11,13H2,1-2H3,(H,22,28). The van der Waals surface area contributed by atoms with Crippen LogP contribution in [0.15, 0.2) is 30.7 Å². The highest BCUT2D eigenvalue weighted by molar-refractivity contribution is 5.87. The second-order valence-electron chi connectivity index (χ2n) is 7.28. The van der Waals surface area contributed by atoms with E-state index < -0.39 is 0 Å². The van der Waals surface area contributed by atoms with Gasteiger partial charge in [0.15, 0.2) is 5.65 Å². The molecule has 0 atom stereocenters. The lowest BCUT2D eigenvalue weighted by Crippen LogP contribution is -2.30. The second kappa shape index (κ2) is 8.98. The van der Waals surface area contributed by atoms with Crippen LogP contribution in [0.2, 0.25) is 0 Å². The van der Waals surface area contributed by atoms with E-state index in [0.29, 0.717) is 23.7 Å². The molecule has 0 bridgehead atoms. The number of ether oxygens (including phenoxy) is 2. The highest BCUT2D eigenvalue weighted by Crippen LogP contribution is 2.25. The number of carbonyl (C=O) groups excluding carboxylic acids is 1. The summed E-state index contributed by atoms with van der Waals surface area (Å²) < 4.78 is 12.2. The van der Waals surface area contributed by atoms with E-state index in [1.807, 2.05) is 12.1 Å². The van der Waals surface area contributed by atoms with Crippen molar-refractivity contribution in [1.29, 1.82) is 0 Å². The number of hydrogen-bond acceptors (Lipinski definition) is 7. The van der Waals surface area contributed by atoms with Crippen molar-refractivity contribution in [2.45, 2.75) is 32.4 Å². The molecular weight excluding hydrogens is 384 g/mol. The van der Waals surface area contributed by atoms with Crippen LogP contribution < -0.4 is 19.7 Å². The molecule has 1 amide bonds. The van der Waals surface area contributed by atoms with Crippen LogP contribution in [0.5, 0.6) is 11.5 Å². The fourth-order valence-electron chi connectivity index (χ4n) is 3.72. The maximum Gasteiger partial charge on any atom is 0.242 e. The number of anilines is 1. The summed E-state index contributed by atoms with van der Waals surface area (Å²) >= 11 is 0. The summed E-state index contributed by atoms with van der Waals surface area (Å²) in [6, 6.07) is 5.52. The summed E-state index contributed by atoms with van der Waals surface area (Å²) in [5.74, 6) is 2.10. The number of carbonyl (C=O) groups is 1. The Balaban J connectivity index is 1.45.